The molecule has 2 fully saturated rings. The lowest BCUT2D eigenvalue weighted by Crippen LogP contribution is -2.46. The van der Waals surface area contributed by atoms with Gasteiger partial charge in [0.1, 0.15) is 11.3 Å². The van der Waals surface area contributed by atoms with E-state index in [1.54, 1.807) is 11.0 Å². The molecule has 34 heavy (non-hydrogen) atoms. The van der Waals surface area contributed by atoms with Crippen LogP contribution in [0.15, 0.2) is 24.4 Å². The first-order valence-electron chi connectivity index (χ1n) is 11.9. The molecule has 182 valence electrons. The maximum absolute atomic E-state index is 13.3. The molecular formula is C25H31ClN4O4. The number of rotatable bonds is 3. The summed E-state index contributed by atoms with van der Waals surface area (Å²) < 4.78 is 13.3. The first kappa shape index (κ1) is 23.2. The van der Waals surface area contributed by atoms with Crippen molar-refractivity contribution in [2.45, 2.75) is 64.3 Å². The monoisotopic (exact) mass is 486 g/mol. The lowest BCUT2D eigenvalue weighted by molar-refractivity contribution is -0.0334. The minimum Gasteiger partial charge on any atom is -0.444 e. The van der Waals surface area contributed by atoms with Crippen LogP contribution in [-0.4, -0.2) is 63.5 Å². The Morgan fingerprint density at radius 2 is 2.00 bits per heavy atom. The molecule has 8 nitrogen and oxygen atoms in total. The van der Waals surface area contributed by atoms with Crippen LogP contribution in [0.5, 0.6) is 0 Å². The van der Waals surface area contributed by atoms with Gasteiger partial charge in [-0.15, -0.1) is 0 Å². The molecule has 1 atom stereocenters. The third kappa shape index (κ3) is 4.79. The number of morpholine rings is 1. The third-order valence-electron chi connectivity index (χ3n) is 6.49. The van der Waals surface area contributed by atoms with Gasteiger partial charge >= 0.3 is 6.09 Å². The van der Waals surface area contributed by atoms with Crippen LogP contribution < -0.4 is 0 Å². The zero-order chi connectivity index (χ0) is 24.0. The summed E-state index contributed by atoms with van der Waals surface area (Å²) in [5, 5.41) is 5.13. The van der Waals surface area contributed by atoms with Gasteiger partial charge in [0, 0.05) is 30.9 Å². The third-order valence-corrected chi connectivity index (χ3v) is 6.71. The van der Waals surface area contributed by atoms with E-state index in [-0.39, 0.29) is 18.0 Å². The first-order chi connectivity index (χ1) is 16.2. The molecule has 1 aromatic carbocycles. The molecule has 1 saturated carbocycles. The average molecular weight is 487 g/mol. The van der Waals surface area contributed by atoms with Crippen LogP contribution in [-0.2, 0) is 22.4 Å². The van der Waals surface area contributed by atoms with Gasteiger partial charge in [-0.3, -0.25) is 14.4 Å². The number of aromatic nitrogens is 2. The van der Waals surface area contributed by atoms with Gasteiger partial charge in [0.05, 0.1) is 25.3 Å². The Hall–Kier alpha value is -2.58. The minimum absolute atomic E-state index is 0.0742. The van der Waals surface area contributed by atoms with E-state index in [4.69, 9.17) is 21.1 Å². The molecule has 1 saturated heterocycles. The number of nitrogens with zero attached hydrogens (tertiary/aromatic N) is 4. The van der Waals surface area contributed by atoms with Crippen molar-refractivity contribution in [3.05, 3.63) is 51.8 Å². The fourth-order valence-electron chi connectivity index (χ4n) is 4.69. The number of fused-ring (bicyclic) bond motifs is 1. The largest absolute Gasteiger partial charge is 0.444 e. The number of ether oxygens (including phenoxy) is 2. The van der Waals surface area contributed by atoms with Crippen molar-refractivity contribution >= 4 is 23.6 Å². The summed E-state index contributed by atoms with van der Waals surface area (Å²) in [6, 6.07) is 5.76. The highest BCUT2D eigenvalue weighted by molar-refractivity contribution is 6.30. The van der Waals surface area contributed by atoms with Crippen molar-refractivity contribution in [2.75, 3.05) is 26.3 Å². The molecule has 0 spiro atoms. The second-order valence-electron chi connectivity index (χ2n) is 10.3. The van der Waals surface area contributed by atoms with Crippen LogP contribution in [0.3, 0.4) is 0 Å². The summed E-state index contributed by atoms with van der Waals surface area (Å²) in [5.74, 6) is -0.0742. The van der Waals surface area contributed by atoms with E-state index >= 15 is 0 Å². The Kier molecular flexibility index (Phi) is 6.06. The quantitative estimate of drug-likeness (QED) is 0.643. The van der Waals surface area contributed by atoms with E-state index < -0.39 is 5.60 Å². The molecule has 2 aliphatic heterocycles. The van der Waals surface area contributed by atoms with E-state index in [0.717, 1.165) is 29.5 Å². The predicted molar refractivity (Wildman–Crippen MR) is 127 cm³/mol. The molecule has 1 aliphatic carbocycles. The Bertz CT molecular complexity index is 1100. The molecule has 3 heterocycles. The van der Waals surface area contributed by atoms with Crippen LogP contribution in [0.1, 0.15) is 72.9 Å². The van der Waals surface area contributed by atoms with E-state index in [1.165, 1.54) is 0 Å². The average Bonchev–Trinajstić information content (AvgIpc) is 3.53. The molecular weight excluding hydrogens is 456 g/mol. The van der Waals surface area contributed by atoms with Gasteiger partial charge in [-0.1, -0.05) is 11.6 Å². The fourth-order valence-corrected chi connectivity index (χ4v) is 4.93. The normalized spacial score (nSPS) is 20.8. The summed E-state index contributed by atoms with van der Waals surface area (Å²) in [6.45, 7) is 7.84. The van der Waals surface area contributed by atoms with Gasteiger partial charge in [-0.25, -0.2) is 4.79 Å². The van der Waals surface area contributed by atoms with Crippen molar-refractivity contribution in [2.24, 2.45) is 0 Å². The molecule has 0 N–H and O–H groups in total. The van der Waals surface area contributed by atoms with Crippen LogP contribution in [0.2, 0.25) is 5.02 Å². The van der Waals surface area contributed by atoms with Crippen molar-refractivity contribution in [3.8, 4) is 0 Å². The number of carbonyl (C=O) groups is 2. The highest BCUT2D eigenvalue weighted by Crippen LogP contribution is 2.36. The van der Waals surface area contributed by atoms with Crippen molar-refractivity contribution in [3.63, 3.8) is 0 Å². The van der Waals surface area contributed by atoms with E-state index in [1.807, 2.05) is 48.7 Å². The van der Waals surface area contributed by atoms with Crippen molar-refractivity contribution < 1.29 is 19.1 Å². The summed E-state index contributed by atoms with van der Waals surface area (Å²) in [5.41, 5.74) is 2.91. The molecule has 1 aromatic heterocycles. The van der Waals surface area contributed by atoms with Crippen LogP contribution in [0, 0.1) is 0 Å². The highest BCUT2D eigenvalue weighted by Gasteiger charge is 2.36. The number of hydrogen-bond acceptors (Lipinski definition) is 5. The summed E-state index contributed by atoms with van der Waals surface area (Å²) in [6.07, 6.45) is 4.45. The number of amides is 2. The standard InChI is InChI=1S/C25H31ClN4O4/c1-25(2,3)34-24(32)29-10-11-33-15-22(29)19-13-17(26)12-16-6-8-28(14-20(16)19)23(31)21-7-9-30(27-21)18-4-5-18/h7,9,12-13,18,22H,4-6,8,10-11,14-15H2,1-3H3/t22-/m0/s1. The maximum Gasteiger partial charge on any atom is 0.410 e. The Balaban J connectivity index is 1.42. The molecule has 0 bridgehead atoms. The van der Waals surface area contributed by atoms with Crippen LogP contribution in [0.4, 0.5) is 4.79 Å². The second kappa shape index (κ2) is 8.89. The molecule has 5 rings (SSSR count). The fraction of sp³-hybridized carbons (Fsp3) is 0.560. The SMILES string of the molecule is CC(C)(C)OC(=O)N1CCOC[C@H]1c1cc(Cl)cc2c1CN(C(=O)c1ccn(C3CC3)n1)CC2. The summed E-state index contributed by atoms with van der Waals surface area (Å²) in [4.78, 5) is 29.8. The molecule has 2 amide bonds. The van der Waals surface area contributed by atoms with Gasteiger partial charge in [0.15, 0.2) is 0 Å². The Morgan fingerprint density at radius 3 is 2.74 bits per heavy atom. The minimum atomic E-state index is -0.596. The lowest BCUT2D eigenvalue weighted by Gasteiger charge is -2.39. The highest BCUT2D eigenvalue weighted by atomic mass is 35.5. The molecule has 0 unspecified atom stereocenters. The first-order valence-corrected chi connectivity index (χ1v) is 12.3. The zero-order valence-corrected chi connectivity index (χ0v) is 20.7. The molecule has 0 radical (unpaired) electrons. The van der Waals surface area contributed by atoms with Gasteiger partial charge in [-0.05, 0) is 74.9 Å². The van der Waals surface area contributed by atoms with Gasteiger partial charge in [0.2, 0.25) is 0 Å². The zero-order valence-electron chi connectivity index (χ0n) is 19.9. The lowest BCUT2D eigenvalue weighted by atomic mass is 9.90. The Morgan fingerprint density at radius 1 is 1.21 bits per heavy atom. The number of carbonyl (C=O) groups excluding carboxylic acids is 2. The van der Waals surface area contributed by atoms with E-state index in [0.29, 0.717) is 56.0 Å². The predicted octanol–water partition coefficient (Wildman–Crippen LogP) is 4.38. The van der Waals surface area contributed by atoms with Crippen LogP contribution >= 0.6 is 11.6 Å². The maximum atomic E-state index is 13.3. The number of halogens is 1. The smallest absolute Gasteiger partial charge is 0.410 e. The molecule has 3 aliphatic rings. The van der Waals surface area contributed by atoms with Gasteiger partial charge in [0.25, 0.3) is 5.91 Å². The Labute approximate surface area is 204 Å². The molecule has 2 aromatic rings. The topological polar surface area (TPSA) is 76.9 Å². The second-order valence-corrected chi connectivity index (χ2v) is 10.7. The van der Waals surface area contributed by atoms with Gasteiger partial charge in [-0.2, -0.15) is 5.10 Å². The summed E-state index contributed by atoms with van der Waals surface area (Å²) >= 11 is 6.50. The summed E-state index contributed by atoms with van der Waals surface area (Å²) in [7, 11) is 0. The van der Waals surface area contributed by atoms with Crippen molar-refractivity contribution in [1.82, 2.24) is 19.6 Å². The van der Waals surface area contributed by atoms with E-state index in [2.05, 4.69) is 5.10 Å². The van der Waals surface area contributed by atoms with E-state index in [9.17, 15) is 9.59 Å². The van der Waals surface area contributed by atoms with Crippen molar-refractivity contribution in [1.29, 1.82) is 0 Å². The molecule has 9 heteroatoms. The van der Waals surface area contributed by atoms with Crippen LogP contribution in [0.25, 0.3) is 0 Å². The number of benzene rings is 1. The van der Waals surface area contributed by atoms with Gasteiger partial charge < -0.3 is 14.4 Å². The number of hydrogen-bond donors (Lipinski definition) is 0.